The van der Waals surface area contributed by atoms with Crippen molar-refractivity contribution in [1.82, 2.24) is 24.6 Å². The lowest BCUT2D eigenvalue weighted by molar-refractivity contribution is -0.131. The first kappa shape index (κ1) is 23.9. The van der Waals surface area contributed by atoms with Crippen LogP contribution >= 0.6 is 0 Å². The smallest absolute Gasteiger partial charge is 0.222 e. The van der Waals surface area contributed by atoms with Crippen LogP contribution in [0.4, 0.5) is 10.2 Å². The monoisotopic (exact) mass is 486 g/mol. The average molecular weight is 487 g/mol. The summed E-state index contributed by atoms with van der Waals surface area (Å²) in [7, 11) is 0. The van der Waals surface area contributed by atoms with Crippen LogP contribution < -0.4 is 4.90 Å². The van der Waals surface area contributed by atoms with Crippen LogP contribution in [0.25, 0.3) is 16.7 Å². The van der Waals surface area contributed by atoms with E-state index in [4.69, 9.17) is 15.1 Å². The summed E-state index contributed by atoms with van der Waals surface area (Å²) in [5.41, 5.74) is 4.60. The molecule has 2 aromatic heterocycles. The van der Waals surface area contributed by atoms with Gasteiger partial charge in [-0.3, -0.25) is 4.79 Å². The maximum atomic E-state index is 13.6. The first-order valence-corrected chi connectivity index (χ1v) is 12.5. The summed E-state index contributed by atoms with van der Waals surface area (Å²) in [6.45, 7) is 8.79. The van der Waals surface area contributed by atoms with Gasteiger partial charge in [0.05, 0.1) is 16.8 Å². The number of hydrogen-bond acceptors (Lipinski definition) is 5. The molecule has 0 unspecified atom stereocenters. The van der Waals surface area contributed by atoms with Gasteiger partial charge in [0.25, 0.3) is 0 Å². The summed E-state index contributed by atoms with van der Waals surface area (Å²) in [6.07, 6.45) is 2.03. The molecule has 0 aliphatic carbocycles. The van der Waals surface area contributed by atoms with Gasteiger partial charge < -0.3 is 9.80 Å². The second kappa shape index (κ2) is 10.0. The van der Waals surface area contributed by atoms with Crippen molar-refractivity contribution in [3.05, 3.63) is 77.0 Å². The predicted molar refractivity (Wildman–Crippen MR) is 139 cm³/mol. The van der Waals surface area contributed by atoms with Crippen molar-refractivity contribution >= 4 is 22.8 Å². The highest BCUT2D eigenvalue weighted by Gasteiger charge is 2.26. The fourth-order valence-corrected chi connectivity index (χ4v) is 4.70. The fourth-order valence-electron chi connectivity index (χ4n) is 4.70. The first-order valence-electron chi connectivity index (χ1n) is 12.5. The van der Waals surface area contributed by atoms with Gasteiger partial charge in [0.1, 0.15) is 17.5 Å². The Morgan fingerprint density at radius 3 is 2.31 bits per heavy atom. The number of piperazine rings is 1. The number of halogens is 1. The van der Waals surface area contributed by atoms with Crippen LogP contribution in [-0.2, 0) is 11.2 Å². The molecule has 1 amide bonds. The Morgan fingerprint density at radius 2 is 1.64 bits per heavy atom. The molecule has 1 saturated heterocycles. The molecule has 4 aromatic rings. The van der Waals surface area contributed by atoms with Crippen molar-refractivity contribution in [2.75, 3.05) is 31.1 Å². The molecule has 0 radical (unpaired) electrons. The minimum Gasteiger partial charge on any atom is -0.352 e. The van der Waals surface area contributed by atoms with Gasteiger partial charge in [-0.15, -0.1) is 0 Å². The third-order valence-electron chi connectivity index (χ3n) is 6.68. The van der Waals surface area contributed by atoms with Gasteiger partial charge in [-0.25, -0.2) is 19.0 Å². The van der Waals surface area contributed by atoms with Crippen molar-refractivity contribution < 1.29 is 9.18 Å². The van der Waals surface area contributed by atoms with Gasteiger partial charge >= 0.3 is 0 Å². The van der Waals surface area contributed by atoms with Gasteiger partial charge in [-0.05, 0) is 50.1 Å². The number of hydrogen-bond donors (Lipinski definition) is 0. The van der Waals surface area contributed by atoms with E-state index in [0.29, 0.717) is 50.5 Å². The largest absolute Gasteiger partial charge is 0.352 e. The fraction of sp³-hybridized carbons (Fsp3) is 0.357. The molecule has 0 bridgehead atoms. The number of anilines is 1. The number of rotatable bonds is 6. The molecule has 1 aliphatic heterocycles. The van der Waals surface area contributed by atoms with Gasteiger partial charge in [0, 0.05) is 39.0 Å². The predicted octanol–water partition coefficient (Wildman–Crippen LogP) is 4.61. The van der Waals surface area contributed by atoms with Crippen molar-refractivity contribution in [1.29, 1.82) is 0 Å². The first-order chi connectivity index (χ1) is 17.4. The van der Waals surface area contributed by atoms with Crippen LogP contribution in [0.1, 0.15) is 42.4 Å². The molecule has 0 spiro atoms. The van der Waals surface area contributed by atoms with E-state index in [0.717, 1.165) is 34.6 Å². The topological polar surface area (TPSA) is 67.2 Å². The quantitative estimate of drug-likeness (QED) is 0.398. The van der Waals surface area contributed by atoms with Crippen molar-refractivity contribution in [2.45, 2.75) is 40.0 Å². The summed E-state index contributed by atoms with van der Waals surface area (Å²) >= 11 is 0. The molecule has 2 aromatic carbocycles. The van der Waals surface area contributed by atoms with Crippen LogP contribution in [0.15, 0.2) is 48.5 Å². The lowest BCUT2D eigenvalue weighted by Crippen LogP contribution is -2.49. The van der Waals surface area contributed by atoms with Crippen molar-refractivity contribution in [2.24, 2.45) is 0 Å². The number of carbonyl (C=O) groups excluding carboxylic acids is 1. The lowest BCUT2D eigenvalue weighted by atomic mass is 10.1. The van der Waals surface area contributed by atoms with Crippen LogP contribution in [0, 0.1) is 19.7 Å². The Hall–Kier alpha value is -3.81. The SMILES string of the molecule is CCCC(=O)N1CCN(c2nc(Cc3ccc(C)cc3)nc3c2c(C)nn3-c2ccc(F)cc2)CC1. The van der Waals surface area contributed by atoms with Crippen molar-refractivity contribution in [3.8, 4) is 5.69 Å². The second-order valence-electron chi connectivity index (χ2n) is 9.42. The van der Waals surface area contributed by atoms with E-state index >= 15 is 0 Å². The number of aryl methyl sites for hydroxylation is 2. The molecule has 8 heteroatoms. The van der Waals surface area contributed by atoms with E-state index in [-0.39, 0.29) is 11.7 Å². The Balaban J connectivity index is 1.56. The zero-order chi connectivity index (χ0) is 25.2. The molecule has 7 nitrogen and oxygen atoms in total. The molecule has 5 rings (SSSR count). The minimum atomic E-state index is -0.294. The Morgan fingerprint density at radius 1 is 0.944 bits per heavy atom. The zero-order valence-electron chi connectivity index (χ0n) is 21.0. The number of nitrogens with zero attached hydrogens (tertiary/aromatic N) is 6. The summed E-state index contributed by atoms with van der Waals surface area (Å²) in [5.74, 6) is 1.47. The average Bonchev–Trinajstić information content (AvgIpc) is 3.22. The Kier molecular flexibility index (Phi) is 6.67. The molecule has 1 fully saturated rings. The van der Waals surface area contributed by atoms with Crippen LogP contribution in [-0.4, -0.2) is 56.7 Å². The molecule has 186 valence electrons. The number of aromatic nitrogens is 4. The van der Waals surface area contributed by atoms with Gasteiger partial charge in [0.2, 0.25) is 5.91 Å². The number of fused-ring (bicyclic) bond motifs is 1. The lowest BCUT2D eigenvalue weighted by Gasteiger charge is -2.35. The van der Waals surface area contributed by atoms with Gasteiger partial charge in [0.15, 0.2) is 5.65 Å². The minimum absolute atomic E-state index is 0.213. The molecule has 0 atom stereocenters. The van der Waals surface area contributed by atoms with E-state index < -0.39 is 0 Å². The van der Waals surface area contributed by atoms with Gasteiger partial charge in [-0.1, -0.05) is 36.8 Å². The molecule has 1 aliphatic rings. The van der Waals surface area contributed by atoms with Gasteiger partial charge in [-0.2, -0.15) is 5.10 Å². The second-order valence-corrected chi connectivity index (χ2v) is 9.42. The van der Waals surface area contributed by atoms with E-state index in [1.165, 1.54) is 17.7 Å². The molecule has 0 saturated carbocycles. The Labute approximate surface area is 210 Å². The maximum Gasteiger partial charge on any atom is 0.222 e. The zero-order valence-corrected chi connectivity index (χ0v) is 21.0. The number of carbonyl (C=O) groups is 1. The summed E-state index contributed by atoms with van der Waals surface area (Å²) in [5, 5.41) is 5.66. The molecular weight excluding hydrogens is 455 g/mol. The Bertz CT molecular complexity index is 1370. The number of benzene rings is 2. The molecule has 36 heavy (non-hydrogen) atoms. The highest BCUT2D eigenvalue weighted by atomic mass is 19.1. The highest BCUT2D eigenvalue weighted by Crippen LogP contribution is 2.30. The van der Waals surface area contributed by atoms with Crippen LogP contribution in [0.3, 0.4) is 0 Å². The standard InChI is InChI=1S/C28H31FN6O/c1-4-5-25(36)33-14-16-34(17-15-33)27-26-20(3)32-35(23-12-10-22(29)11-13-23)28(26)31-24(30-27)18-21-8-6-19(2)7-9-21/h6-13H,4-5,14-18H2,1-3H3. The normalized spacial score (nSPS) is 14.0. The summed E-state index contributed by atoms with van der Waals surface area (Å²) in [6, 6.07) is 14.7. The molecule has 0 N–H and O–H groups in total. The van der Waals surface area contributed by atoms with Crippen LogP contribution in [0.5, 0.6) is 0 Å². The number of amides is 1. The molecule has 3 heterocycles. The highest BCUT2D eigenvalue weighted by molar-refractivity contribution is 5.91. The van der Waals surface area contributed by atoms with E-state index in [1.807, 2.05) is 18.7 Å². The summed E-state index contributed by atoms with van der Waals surface area (Å²) < 4.78 is 15.4. The van der Waals surface area contributed by atoms with Crippen molar-refractivity contribution in [3.63, 3.8) is 0 Å². The third-order valence-corrected chi connectivity index (χ3v) is 6.68. The summed E-state index contributed by atoms with van der Waals surface area (Å²) in [4.78, 5) is 26.6. The van der Waals surface area contributed by atoms with Crippen LogP contribution in [0.2, 0.25) is 0 Å². The van der Waals surface area contributed by atoms with E-state index in [1.54, 1.807) is 16.8 Å². The molecular formula is C28H31FN6O. The maximum absolute atomic E-state index is 13.6. The third kappa shape index (κ3) is 4.80. The van der Waals surface area contributed by atoms with E-state index in [9.17, 15) is 9.18 Å². The van der Waals surface area contributed by atoms with E-state index in [2.05, 4.69) is 36.1 Å².